The maximum Gasteiger partial charge on any atom is 0.307 e. The van der Waals surface area contributed by atoms with E-state index in [1.165, 1.54) is 0 Å². The molecular weight excluding hydrogens is 192 g/mol. The van der Waals surface area contributed by atoms with Crippen LogP contribution in [0.15, 0.2) is 0 Å². The average Bonchev–Trinajstić information content (AvgIpc) is 2.00. The minimum atomic E-state index is -1.20. The highest BCUT2D eigenvalue weighted by molar-refractivity contribution is 5.77. The Hall–Kier alpha value is -1.59. The molecule has 1 atom stereocenters. The topological polar surface area (TPSA) is 112 Å². The molecule has 6 heteroatoms. The van der Waals surface area contributed by atoms with Gasteiger partial charge in [0.05, 0.1) is 12.3 Å². The molecule has 0 aromatic rings. The Morgan fingerprint density at radius 2 is 1.57 bits per heavy atom. The van der Waals surface area contributed by atoms with Crippen LogP contribution in [0.4, 0.5) is 0 Å². The summed E-state index contributed by atoms with van der Waals surface area (Å²) in [5, 5.41) is 25.2. The molecule has 3 N–H and O–H groups in total. The zero-order valence-corrected chi connectivity index (χ0v) is 7.47. The molecule has 0 fully saturated rings. The zero-order valence-electron chi connectivity index (χ0n) is 7.47. The summed E-state index contributed by atoms with van der Waals surface area (Å²) in [5.74, 6) is -4.39. The summed E-state index contributed by atoms with van der Waals surface area (Å²) >= 11 is 0. The molecule has 0 aliphatic rings. The normalized spacial score (nSPS) is 12.0. The molecular formula is C8H12O6. The summed E-state index contributed by atoms with van der Waals surface area (Å²) in [5.41, 5.74) is 0. The summed E-state index contributed by atoms with van der Waals surface area (Å²) in [6, 6.07) is 0. The van der Waals surface area contributed by atoms with Crippen molar-refractivity contribution in [2.75, 3.05) is 0 Å². The van der Waals surface area contributed by atoms with E-state index >= 15 is 0 Å². The van der Waals surface area contributed by atoms with Crippen molar-refractivity contribution in [2.45, 2.75) is 25.7 Å². The van der Waals surface area contributed by atoms with Gasteiger partial charge in [-0.3, -0.25) is 14.4 Å². The van der Waals surface area contributed by atoms with Crippen molar-refractivity contribution >= 4 is 17.9 Å². The van der Waals surface area contributed by atoms with E-state index in [2.05, 4.69) is 0 Å². The van der Waals surface area contributed by atoms with Crippen LogP contribution in [-0.2, 0) is 14.4 Å². The lowest BCUT2D eigenvalue weighted by molar-refractivity contribution is -0.148. The third-order valence-electron chi connectivity index (χ3n) is 1.71. The zero-order chi connectivity index (χ0) is 11.1. The highest BCUT2D eigenvalue weighted by Gasteiger charge is 2.20. The quantitative estimate of drug-likeness (QED) is 0.554. The second-order valence-electron chi connectivity index (χ2n) is 2.92. The molecule has 0 heterocycles. The molecule has 0 aromatic carbocycles. The molecule has 0 saturated heterocycles. The Morgan fingerprint density at radius 3 is 1.93 bits per heavy atom. The van der Waals surface area contributed by atoms with Gasteiger partial charge in [0.2, 0.25) is 0 Å². The minimum absolute atomic E-state index is 0.0773. The summed E-state index contributed by atoms with van der Waals surface area (Å²) < 4.78 is 0. The van der Waals surface area contributed by atoms with Gasteiger partial charge in [0, 0.05) is 6.42 Å². The standard InChI is InChI=1S/C8H12O6/c9-6(10)3-1-2-5(8(13)14)4-7(11)12/h5H,1-4H2,(H,9,10)(H,11,12)(H,13,14)/t5-/m1/s1. The minimum Gasteiger partial charge on any atom is -0.481 e. The van der Waals surface area contributed by atoms with E-state index in [0.29, 0.717) is 0 Å². The molecule has 0 radical (unpaired) electrons. The fraction of sp³-hybridized carbons (Fsp3) is 0.625. The fourth-order valence-corrected chi connectivity index (χ4v) is 1.02. The number of aliphatic carboxylic acids is 3. The predicted molar refractivity (Wildman–Crippen MR) is 44.9 cm³/mol. The van der Waals surface area contributed by atoms with Crippen molar-refractivity contribution in [1.82, 2.24) is 0 Å². The predicted octanol–water partition coefficient (Wildman–Crippen LogP) is 0.417. The van der Waals surface area contributed by atoms with E-state index in [1.54, 1.807) is 0 Å². The molecule has 14 heavy (non-hydrogen) atoms. The van der Waals surface area contributed by atoms with Gasteiger partial charge in [0.15, 0.2) is 0 Å². The molecule has 0 saturated carbocycles. The van der Waals surface area contributed by atoms with Gasteiger partial charge in [-0.2, -0.15) is 0 Å². The number of rotatable bonds is 7. The molecule has 0 aromatic heterocycles. The van der Waals surface area contributed by atoms with Crippen LogP contribution in [0.1, 0.15) is 25.7 Å². The second-order valence-corrected chi connectivity index (χ2v) is 2.92. The van der Waals surface area contributed by atoms with Crippen LogP contribution in [0.5, 0.6) is 0 Å². The maximum atomic E-state index is 10.5. The molecule has 0 aliphatic carbocycles. The largest absolute Gasteiger partial charge is 0.481 e. The number of carboxylic acids is 3. The summed E-state index contributed by atoms with van der Waals surface area (Å²) in [4.78, 5) is 30.8. The van der Waals surface area contributed by atoms with E-state index in [4.69, 9.17) is 15.3 Å². The van der Waals surface area contributed by atoms with Gasteiger partial charge in [-0.15, -0.1) is 0 Å². The van der Waals surface area contributed by atoms with E-state index in [9.17, 15) is 14.4 Å². The monoisotopic (exact) mass is 204 g/mol. The highest BCUT2D eigenvalue weighted by Crippen LogP contribution is 2.13. The first kappa shape index (κ1) is 12.4. The molecule has 0 amide bonds. The van der Waals surface area contributed by atoms with Crippen LogP contribution in [-0.4, -0.2) is 33.2 Å². The van der Waals surface area contributed by atoms with Crippen molar-refractivity contribution in [3.8, 4) is 0 Å². The molecule has 0 bridgehead atoms. The van der Waals surface area contributed by atoms with Gasteiger partial charge in [0.25, 0.3) is 0 Å². The van der Waals surface area contributed by atoms with Crippen molar-refractivity contribution in [3.05, 3.63) is 0 Å². The number of hydrogen-bond acceptors (Lipinski definition) is 3. The van der Waals surface area contributed by atoms with Crippen LogP contribution in [0.2, 0.25) is 0 Å². The first-order chi connectivity index (χ1) is 6.43. The van der Waals surface area contributed by atoms with Gasteiger partial charge < -0.3 is 15.3 Å². The smallest absolute Gasteiger partial charge is 0.307 e. The van der Waals surface area contributed by atoms with Gasteiger partial charge in [-0.1, -0.05) is 0 Å². The molecule has 0 spiro atoms. The first-order valence-corrected chi connectivity index (χ1v) is 4.10. The maximum absolute atomic E-state index is 10.5. The Kier molecular flexibility index (Phi) is 5.28. The van der Waals surface area contributed by atoms with Crippen molar-refractivity contribution < 1.29 is 29.7 Å². The van der Waals surface area contributed by atoms with Crippen molar-refractivity contribution in [2.24, 2.45) is 5.92 Å². The fourth-order valence-electron chi connectivity index (χ4n) is 1.02. The highest BCUT2D eigenvalue weighted by atomic mass is 16.4. The van der Waals surface area contributed by atoms with E-state index in [-0.39, 0.29) is 19.3 Å². The molecule has 6 nitrogen and oxygen atoms in total. The second kappa shape index (κ2) is 5.95. The van der Waals surface area contributed by atoms with Gasteiger partial charge in [0.1, 0.15) is 0 Å². The SMILES string of the molecule is O=C(O)CCC[C@H](CC(=O)O)C(=O)O. The van der Waals surface area contributed by atoms with Gasteiger partial charge in [-0.05, 0) is 12.8 Å². The molecule has 0 aliphatic heterocycles. The first-order valence-electron chi connectivity index (χ1n) is 4.10. The number of carboxylic acid groups (broad SMARTS) is 3. The lowest BCUT2D eigenvalue weighted by Gasteiger charge is -2.07. The number of carbonyl (C=O) groups is 3. The lowest BCUT2D eigenvalue weighted by atomic mass is 9.99. The van der Waals surface area contributed by atoms with Crippen molar-refractivity contribution in [3.63, 3.8) is 0 Å². The van der Waals surface area contributed by atoms with Crippen LogP contribution in [0.3, 0.4) is 0 Å². The number of hydrogen-bond donors (Lipinski definition) is 3. The van der Waals surface area contributed by atoms with Gasteiger partial charge in [-0.25, -0.2) is 0 Å². The molecule has 80 valence electrons. The summed E-state index contributed by atoms with van der Waals surface area (Å²) in [7, 11) is 0. The van der Waals surface area contributed by atoms with Crippen LogP contribution >= 0.6 is 0 Å². The van der Waals surface area contributed by atoms with E-state index in [1.807, 2.05) is 0 Å². The third kappa shape index (κ3) is 5.99. The van der Waals surface area contributed by atoms with Crippen molar-refractivity contribution in [1.29, 1.82) is 0 Å². The Balaban J connectivity index is 3.91. The average molecular weight is 204 g/mol. The molecule has 0 rings (SSSR count). The third-order valence-corrected chi connectivity index (χ3v) is 1.71. The van der Waals surface area contributed by atoms with Crippen LogP contribution in [0, 0.1) is 5.92 Å². The van der Waals surface area contributed by atoms with E-state index < -0.39 is 30.2 Å². The Bertz CT molecular complexity index is 234. The molecule has 0 unspecified atom stereocenters. The van der Waals surface area contributed by atoms with Crippen LogP contribution in [0.25, 0.3) is 0 Å². The van der Waals surface area contributed by atoms with Gasteiger partial charge >= 0.3 is 17.9 Å². The summed E-state index contributed by atoms with van der Waals surface area (Å²) in [6.07, 6.45) is -0.341. The summed E-state index contributed by atoms with van der Waals surface area (Å²) in [6.45, 7) is 0. The van der Waals surface area contributed by atoms with E-state index in [0.717, 1.165) is 0 Å². The Labute approximate surface area is 80.2 Å². The lowest BCUT2D eigenvalue weighted by Crippen LogP contribution is -2.18. The Morgan fingerprint density at radius 1 is 1.00 bits per heavy atom. The van der Waals surface area contributed by atoms with Crippen LogP contribution < -0.4 is 0 Å².